The smallest absolute Gasteiger partial charge is 0.0870 e. The maximum atomic E-state index is 5.67. The number of hydrogen-bond acceptors (Lipinski definition) is 4. The Labute approximate surface area is 106 Å². The number of nitrogens with zero attached hydrogens (tertiary/aromatic N) is 2. The lowest BCUT2D eigenvalue weighted by Gasteiger charge is -2.27. The Morgan fingerprint density at radius 2 is 2.31 bits per heavy atom. The summed E-state index contributed by atoms with van der Waals surface area (Å²) in [5.74, 6) is 0. The first-order valence-corrected chi connectivity index (χ1v) is 6.94. The van der Waals surface area contributed by atoms with Crippen LogP contribution in [0.1, 0.15) is 30.6 Å². The van der Waals surface area contributed by atoms with Crippen molar-refractivity contribution in [2.45, 2.75) is 38.3 Å². The quantitative estimate of drug-likeness (QED) is 0.819. The second kappa shape index (κ2) is 5.70. The third-order valence-corrected chi connectivity index (χ3v) is 3.94. The van der Waals surface area contributed by atoms with Gasteiger partial charge in [-0.15, -0.1) is 11.3 Å². The average Bonchev–Trinajstić information content (AvgIpc) is 2.88. The number of aromatic nitrogens is 1. The normalized spacial score (nSPS) is 17.1. The molecule has 3 nitrogen and oxygen atoms in total. The minimum Gasteiger partial charge on any atom is -0.392 e. The summed E-state index contributed by atoms with van der Waals surface area (Å²) in [6, 6.07) is 0.656. The Hall–Kier alpha value is -0.520. The molecule has 1 saturated carbocycles. The van der Waals surface area contributed by atoms with E-state index in [1.165, 1.54) is 30.6 Å². The highest BCUT2D eigenvalue weighted by atomic mass is 32.1. The van der Waals surface area contributed by atoms with Crippen LogP contribution in [0.5, 0.6) is 0 Å². The van der Waals surface area contributed by atoms with Crippen molar-refractivity contribution in [3.63, 3.8) is 0 Å². The van der Waals surface area contributed by atoms with Crippen molar-refractivity contribution in [1.29, 1.82) is 0 Å². The van der Waals surface area contributed by atoms with Crippen molar-refractivity contribution in [3.05, 3.63) is 16.6 Å². The predicted octanol–water partition coefficient (Wildman–Crippen LogP) is 2.17. The van der Waals surface area contributed by atoms with Crippen LogP contribution in [0.2, 0.25) is 0 Å². The Bertz CT molecular complexity index is 331. The van der Waals surface area contributed by atoms with E-state index >= 15 is 0 Å². The molecule has 88 valence electrons. The van der Waals surface area contributed by atoms with Gasteiger partial charge in [0.2, 0.25) is 0 Å². The van der Waals surface area contributed by atoms with Crippen molar-refractivity contribution in [2.75, 3.05) is 6.54 Å². The van der Waals surface area contributed by atoms with E-state index in [-0.39, 0.29) is 0 Å². The molecule has 0 aliphatic heterocycles. The predicted molar refractivity (Wildman–Crippen MR) is 71.6 cm³/mol. The van der Waals surface area contributed by atoms with Gasteiger partial charge in [-0.1, -0.05) is 25.1 Å². The molecule has 2 N–H and O–H groups in total. The summed E-state index contributed by atoms with van der Waals surface area (Å²) in [7, 11) is 0. The van der Waals surface area contributed by atoms with Crippen molar-refractivity contribution in [2.24, 2.45) is 5.73 Å². The van der Waals surface area contributed by atoms with E-state index in [1.807, 2.05) is 11.7 Å². The molecule has 1 aromatic rings. The van der Waals surface area contributed by atoms with Crippen LogP contribution in [0.15, 0.2) is 11.7 Å². The largest absolute Gasteiger partial charge is 0.392 e. The Morgan fingerprint density at radius 3 is 2.88 bits per heavy atom. The molecule has 0 radical (unpaired) electrons. The van der Waals surface area contributed by atoms with Gasteiger partial charge in [0.25, 0.3) is 0 Å². The number of nitrogens with two attached hydrogens (primary N) is 1. The third kappa shape index (κ3) is 3.23. The maximum Gasteiger partial charge on any atom is 0.0870 e. The van der Waals surface area contributed by atoms with Crippen LogP contribution in [-0.4, -0.2) is 27.5 Å². The van der Waals surface area contributed by atoms with Gasteiger partial charge in [0.1, 0.15) is 0 Å². The lowest BCUT2D eigenvalue weighted by atomic mass is 10.2. The summed E-state index contributed by atoms with van der Waals surface area (Å²) in [6.45, 7) is 1.67. The average molecular weight is 255 g/mol. The number of rotatable bonds is 5. The van der Waals surface area contributed by atoms with Gasteiger partial charge >= 0.3 is 0 Å². The molecule has 1 fully saturated rings. The fourth-order valence-corrected chi connectivity index (χ4v) is 3.09. The van der Waals surface area contributed by atoms with Gasteiger partial charge in [0, 0.05) is 30.2 Å². The van der Waals surface area contributed by atoms with Crippen molar-refractivity contribution in [3.8, 4) is 0 Å². The van der Waals surface area contributed by atoms with Crippen molar-refractivity contribution >= 4 is 28.5 Å². The molecule has 1 aromatic heterocycles. The minimum absolute atomic E-state index is 0.594. The van der Waals surface area contributed by atoms with Crippen LogP contribution in [-0.2, 0) is 6.54 Å². The molecule has 0 bridgehead atoms. The van der Waals surface area contributed by atoms with E-state index in [0.29, 0.717) is 11.0 Å². The second-order valence-corrected chi connectivity index (χ2v) is 5.77. The number of thiazole rings is 1. The summed E-state index contributed by atoms with van der Waals surface area (Å²) in [5.41, 5.74) is 7.55. The van der Waals surface area contributed by atoms with E-state index in [4.69, 9.17) is 18.0 Å². The molecule has 0 atom stereocenters. The van der Waals surface area contributed by atoms with Gasteiger partial charge in [-0.2, -0.15) is 0 Å². The molecule has 2 rings (SSSR count). The highest BCUT2D eigenvalue weighted by Crippen LogP contribution is 2.25. The molecule has 5 heteroatoms. The highest BCUT2D eigenvalue weighted by molar-refractivity contribution is 7.80. The molecule has 16 heavy (non-hydrogen) atoms. The summed E-state index contributed by atoms with van der Waals surface area (Å²) < 4.78 is 0. The molecular weight excluding hydrogens is 238 g/mol. The van der Waals surface area contributed by atoms with Gasteiger partial charge in [-0.05, 0) is 12.8 Å². The number of hydrogen-bond donors (Lipinski definition) is 1. The highest BCUT2D eigenvalue weighted by Gasteiger charge is 2.23. The first-order chi connectivity index (χ1) is 7.75. The molecule has 1 heterocycles. The summed E-state index contributed by atoms with van der Waals surface area (Å²) in [4.78, 5) is 8.40. The Kier molecular flexibility index (Phi) is 4.26. The standard InChI is InChI=1S/C11H17N3S2/c12-11(15)7-14(9-3-1-2-4-9)6-10-5-13-8-16-10/h5,8-9H,1-4,6-7H2,(H2,12,15). The molecule has 0 aromatic carbocycles. The van der Waals surface area contributed by atoms with Crippen molar-refractivity contribution in [1.82, 2.24) is 9.88 Å². The summed E-state index contributed by atoms with van der Waals surface area (Å²) >= 11 is 6.73. The van der Waals surface area contributed by atoms with Crippen LogP contribution in [0, 0.1) is 0 Å². The van der Waals surface area contributed by atoms with E-state index in [0.717, 1.165) is 13.1 Å². The summed E-state index contributed by atoms with van der Waals surface area (Å²) in [5, 5.41) is 0. The van der Waals surface area contributed by atoms with Crippen LogP contribution < -0.4 is 5.73 Å². The van der Waals surface area contributed by atoms with Gasteiger partial charge in [-0.25, -0.2) is 0 Å². The lowest BCUT2D eigenvalue weighted by molar-refractivity contribution is 0.220. The van der Waals surface area contributed by atoms with E-state index in [9.17, 15) is 0 Å². The fraction of sp³-hybridized carbons (Fsp3) is 0.636. The van der Waals surface area contributed by atoms with Crippen LogP contribution in [0.3, 0.4) is 0 Å². The number of thiocarbonyl (C=S) groups is 1. The molecule has 0 unspecified atom stereocenters. The lowest BCUT2D eigenvalue weighted by Crippen LogP contribution is -2.38. The van der Waals surface area contributed by atoms with E-state index in [1.54, 1.807) is 11.3 Å². The van der Waals surface area contributed by atoms with Gasteiger partial charge in [0.05, 0.1) is 10.5 Å². The topological polar surface area (TPSA) is 42.1 Å². The SMILES string of the molecule is NC(=S)CN(Cc1cncs1)C1CCCC1. The van der Waals surface area contributed by atoms with Gasteiger partial charge in [-0.3, -0.25) is 9.88 Å². The Morgan fingerprint density at radius 1 is 1.56 bits per heavy atom. The monoisotopic (exact) mass is 255 g/mol. The van der Waals surface area contributed by atoms with Crippen LogP contribution in [0.25, 0.3) is 0 Å². The van der Waals surface area contributed by atoms with Gasteiger partial charge in [0.15, 0.2) is 0 Å². The van der Waals surface area contributed by atoms with E-state index in [2.05, 4.69) is 9.88 Å². The maximum absolute atomic E-state index is 5.67. The van der Waals surface area contributed by atoms with Crippen molar-refractivity contribution < 1.29 is 0 Å². The Balaban J connectivity index is 1.98. The molecule has 1 aliphatic carbocycles. The zero-order valence-corrected chi connectivity index (χ0v) is 10.9. The van der Waals surface area contributed by atoms with E-state index < -0.39 is 0 Å². The van der Waals surface area contributed by atoms with Gasteiger partial charge < -0.3 is 5.73 Å². The molecule has 0 saturated heterocycles. The first-order valence-electron chi connectivity index (χ1n) is 5.65. The summed E-state index contributed by atoms with van der Waals surface area (Å²) in [6.07, 6.45) is 7.16. The minimum atomic E-state index is 0.594. The first kappa shape index (κ1) is 12.0. The van der Waals surface area contributed by atoms with Crippen LogP contribution >= 0.6 is 23.6 Å². The second-order valence-electron chi connectivity index (χ2n) is 4.28. The van der Waals surface area contributed by atoms with Crippen LogP contribution in [0.4, 0.5) is 0 Å². The molecule has 0 spiro atoms. The fourth-order valence-electron chi connectivity index (χ4n) is 2.30. The molecule has 1 aliphatic rings. The molecular formula is C11H17N3S2. The molecule has 0 amide bonds. The zero-order valence-electron chi connectivity index (χ0n) is 9.26. The third-order valence-electron chi connectivity index (χ3n) is 3.04. The zero-order chi connectivity index (χ0) is 11.4.